The Bertz CT molecular complexity index is 636. The van der Waals surface area contributed by atoms with Crippen LogP contribution in [0.1, 0.15) is 11.1 Å². The number of benzene rings is 2. The predicted molar refractivity (Wildman–Crippen MR) is 72.4 cm³/mol. The maximum Gasteiger partial charge on any atom is 0.573 e. The summed E-state index contributed by atoms with van der Waals surface area (Å²) in [6.45, 7) is 3.50. The van der Waals surface area contributed by atoms with Crippen molar-refractivity contribution in [3.05, 3.63) is 47.5 Å². The van der Waals surface area contributed by atoms with Gasteiger partial charge in [-0.05, 0) is 60.4 Å². The predicted octanol–water partition coefficient (Wildman–Crippen LogP) is 4.45. The van der Waals surface area contributed by atoms with Crippen molar-refractivity contribution in [1.82, 2.24) is 0 Å². The molecule has 0 aliphatic rings. The molecule has 0 spiro atoms. The number of rotatable bonds is 2. The summed E-state index contributed by atoms with van der Waals surface area (Å²) in [5.41, 5.74) is 9.48. The van der Waals surface area contributed by atoms with Gasteiger partial charge in [0.05, 0.1) is 0 Å². The fourth-order valence-electron chi connectivity index (χ4n) is 2.01. The van der Waals surface area contributed by atoms with E-state index >= 15 is 0 Å². The molecule has 106 valence electrons. The highest BCUT2D eigenvalue weighted by molar-refractivity contribution is 5.72. The van der Waals surface area contributed by atoms with Gasteiger partial charge in [-0.15, -0.1) is 13.2 Å². The second-order valence-electron chi connectivity index (χ2n) is 4.60. The lowest BCUT2D eigenvalue weighted by Gasteiger charge is -2.13. The zero-order valence-electron chi connectivity index (χ0n) is 11.1. The van der Waals surface area contributed by atoms with Crippen molar-refractivity contribution in [2.24, 2.45) is 0 Å². The molecule has 0 radical (unpaired) electrons. The Hall–Kier alpha value is -2.17. The van der Waals surface area contributed by atoms with Crippen LogP contribution in [0.15, 0.2) is 36.4 Å². The van der Waals surface area contributed by atoms with Crippen molar-refractivity contribution >= 4 is 5.69 Å². The molecule has 0 saturated heterocycles. The maximum atomic E-state index is 12.2. The van der Waals surface area contributed by atoms with Crippen molar-refractivity contribution in [3.8, 4) is 16.9 Å². The highest BCUT2D eigenvalue weighted by atomic mass is 19.4. The Labute approximate surface area is 115 Å². The number of aryl methyl sites for hydroxylation is 2. The van der Waals surface area contributed by atoms with Gasteiger partial charge in [-0.25, -0.2) is 0 Å². The van der Waals surface area contributed by atoms with Gasteiger partial charge in [0.15, 0.2) is 0 Å². The summed E-state index contributed by atoms with van der Waals surface area (Å²) in [6, 6.07) is 10.0. The second-order valence-corrected chi connectivity index (χ2v) is 4.60. The fourth-order valence-corrected chi connectivity index (χ4v) is 2.01. The molecule has 2 N–H and O–H groups in total. The summed E-state index contributed by atoms with van der Waals surface area (Å²) in [5, 5.41) is 0. The van der Waals surface area contributed by atoms with E-state index in [1.165, 1.54) is 6.07 Å². The normalized spacial score (nSPS) is 11.4. The topological polar surface area (TPSA) is 35.2 Å². The highest BCUT2D eigenvalue weighted by Crippen LogP contribution is 2.32. The molecule has 0 atom stereocenters. The van der Waals surface area contributed by atoms with Gasteiger partial charge in [0.1, 0.15) is 5.75 Å². The van der Waals surface area contributed by atoms with Crippen LogP contribution in [0.5, 0.6) is 5.75 Å². The minimum absolute atomic E-state index is 0.192. The van der Waals surface area contributed by atoms with Crippen LogP contribution < -0.4 is 10.5 Å². The summed E-state index contributed by atoms with van der Waals surface area (Å²) in [6.07, 6.45) is -4.68. The Kier molecular flexibility index (Phi) is 3.61. The lowest BCUT2D eigenvalue weighted by molar-refractivity contribution is -0.274. The van der Waals surface area contributed by atoms with Gasteiger partial charge in [0, 0.05) is 5.69 Å². The van der Waals surface area contributed by atoms with Crippen LogP contribution in [0.3, 0.4) is 0 Å². The third-order valence-corrected chi connectivity index (χ3v) is 2.97. The van der Waals surface area contributed by atoms with Crippen molar-refractivity contribution in [2.45, 2.75) is 20.2 Å². The molecule has 2 rings (SSSR count). The van der Waals surface area contributed by atoms with Crippen LogP contribution in [0.25, 0.3) is 11.1 Å². The van der Waals surface area contributed by atoms with Gasteiger partial charge >= 0.3 is 6.36 Å². The number of alkyl halides is 3. The number of nitrogens with two attached hydrogens (primary N) is 1. The first-order valence-corrected chi connectivity index (χ1v) is 5.99. The van der Waals surface area contributed by atoms with E-state index in [1.54, 1.807) is 31.2 Å². The Morgan fingerprint density at radius 3 is 2.25 bits per heavy atom. The molecule has 2 aromatic carbocycles. The smallest absolute Gasteiger partial charge is 0.406 e. The molecule has 0 aromatic heterocycles. The Morgan fingerprint density at radius 2 is 1.65 bits per heavy atom. The van der Waals surface area contributed by atoms with E-state index in [2.05, 4.69) is 4.74 Å². The molecule has 0 heterocycles. The van der Waals surface area contributed by atoms with Gasteiger partial charge in [0.25, 0.3) is 0 Å². The van der Waals surface area contributed by atoms with Crippen molar-refractivity contribution in [2.75, 3.05) is 5.73 Å². The van der Waals surface area contributed by atoms with Gasteiger partial charge < -0.3 is 10.5 Å². The van der Waals surface area contributed by atoms with Gasteiger partial charge in [-0.2, -0.15) is 0 Å². The number of ether oxygens (including phenoxy) is 1. The molecule has 0 unspecified atom stereocenters. The van der Waals surface area contributed by atoms with Crippen LogP contribution in [-0.2, 0) is 0 Å². The molecular weight excluding hydrogens is 267 g/mol. The van der Waals surface area contributed by atoms with Gasteiger partial charge in [0.2, 0.25) is 0 Å². The van der Waals surface area contributed by atoms with Crippen molar-refractivity contribution in [1.29, 1.82) is 0 Å². The molecule has 0 fully saturated rings. The van der Waals surface area contributed by atoms with Crippen LogP contribution in [0.2, 0.25) is 0 Å². The monoisotopic (exact) mass is 281 g/mol. The summed E-state index contributed by atoms with van der Waals surface area (Å²) < 4.78 is 40.6. The van der Waals surface area contributed by atoms with E-state index in [-0.39, 0.29) is 5.75 Å². The number of halogens is 3. The van der Waals surface area contributed by atoms with E-state index < -0.39 is 6.36 Å². The lowest BCUT2D eigenvalue weighted by atomic mass is 9.98. The van der Waals surface area contributed by atoms with Crippen LogP contribution in [-0.4, -0.2) is 6.36 Å². The van der Waals surface area contributed by atoms with E-state index in [1.807, 2.05) is 13.0 Å². The van der Waals surface area contributed by atoms with E-state index in [0.717, 1.165) is 16.7 Å². The number of anilines is 1. The zero-order chi connectivity index (χ0) is 14.9. The maximum absolute atomic E-state index is 12.2. The van der Waals surface area contributed by atoms with Crippen LogP contribution in [0, 0.1) is 13.8 Å². The Morgan fingerprint density at radius 1 is 0.950 bits per heavy atom. The van der Waals surface area contributed by atoms with E-state index in [4.69, 9.17) is 5.73 Å². The molecular formula is C15H14F3NO. The molecule has 5 heteroatoms. The average molecular weight is 281 g/mol. The van der Waals surface area contributed by atoms with E-state index in [9.17, 15) is 13.2 Å². The number of nitrogen functional groups attached to an aromatic ring is 1. The molecule has 0 aliphatic heterocycles. The average Bonchev–Trinajstić information content (AvgIpc) is 2.33. The molecule has 0 aliphatic carbocycles. The third kappa shape index (κ3) is 3.23. The molecule has 0 saturated carbocycles. The molecule has 0 amide bonds. The summed E-state index contributed by atoms with van der Waals surface area (Å²) >= 11 is 0. The molecule has 2 aromatic rings. The second kappa shape index (κ2) is 5.07. The number of hydrogen-bond acceptors (Lipinski definition) is 2. The Balaban J connectivity index is 2.41. The SMILES string of the molecule is Cc1cc(-c2cc(N)ccc2C)ccc1OC(F)(F)F. The van der Waals surface area contributed by atoms with Crippen molar-refractivity contribution in [3.63, 3.8) is 0 Å². The molecule has 0 bridgehead atoms. The quantitative estimate of drug-likeness (QED) is 0.825. The highest BCUT2D eigenvalue weighted by Gasteiger charge is 2.31. The van der Waals surface area contributed by atoms with E-state index in [0.29, 0.717) is 11.3 Å². The van der Waals surface area contributed by atoms with Gasteiger partial charge in [-0.3, -0.25) is 0 Å². The van der Waals surface area contributed by atoms with Crippen molar-refractivity contribution < 1.29 is 17.9 Å². The van der Waals surface area contributed by atoms with Gasteiger partial charge in [-0.1, -0.05) is 12.1 Å². The van der Waals surface area contributed by atoms with Crippen LogP contribution in [0.4, 0.5) is 18.9 Å². The first kappa shape index (κ1) is 14.2. The number of hydrogen-bond donors (Lipinski definition) is 1. The summed E-state index contributed by atoms with van der Waals surface area (Å²) in [5.74, 6) is -0.192. The first-order valence-electron chi connectivity index (χ1n) is 5.99. The minimum Gasteiger partial charge on any atom is -0.406 e. The lowest BCUT2D eigenvalue weighted by Crippen LogP contribution is -2.17. The molecule has 2 nitrogen and oxygen atoms in total. The summed E-state index contributed by atoms with van der Waals surface area (Å²) in [4.78, 5) is 0. The summed E-state index contributed by atoms with van der Waals surface area (Å²) in [7, 11) is 0. The fraction of sp³-hybridized carbons (Fsp3) is 0.200. The third-order valence-electron chi connectivity index (χ3n) is 2.97. The standard InChI is InChI=1S/C15H14F3NO/c1-9-3-5-12(19)8-13(9)11-4-6-14(10(2)7-11)20-15(16,17)18/h3-8H,19H2,1-2H3. The largest absolute Gasteiger partial charge is 0.573 e. The minimum atomic E-state index is -4.68. The first-order chi connectivity index (χ1) is 9.26. The van der Waals surface area contributed by atoms with Crippen LogP contribution >= 0.6 is 0 Å². The zero-order valence-corrected chi connectivity index (χ0v) is 11.1. The molecule has 20 heavy (non-hydrogen) atoms.